The Morgan fingerprint density at radius 2 is 2.44 bits per heavy atom. The molecule has 1 rings (SSSR count). The maximum atomic E-state index is 12.8. The minimum absolute atomic E-state index is 0.200. The van der Waals surface area contributed by atoms with Gasteiger partial charge >= 0.3 is 6.09 Å². The van der Waals surface area contributed by atoms with Gasteiger partial charge in [-0.2, -0.15) is 0 Å². The van der Waals surface area contributed by atoms with Crippen LogP contribution in [0.5, 0.6) is 0 Å². The van der Waals surface area contributed by atoms with Gasteiger partial charge < -0.3 is 4.74 Å². The van der Waals surface area contributed by atoms with Crippen molar-refractivity contribution in [2.45, 2.75) is 13.3 Å². The van der Waals surface area contributed by atoms with Crippen molar-refractivity contribution >= 4 is 11.9 Å². The fourth-order valence-electron chi connectivity index (χ4n) is 0.998. The molecule has 0 aliphatic carbocycles. The normalized spacial score (nSPS) is 9.62. The van der Waals surface area contributed by atoms with Crippen LogP contribution in [0.15, 0.2) is 18.2 Å². The maximum absolute atomic E-state index is 12.8. The molecule has 1 radical (unpaired) electrons. The molecule has 1 amide bonds. The quantitative estimate of drug-likeness (QED) is 0.608. The van der Waals surface area contributed by atoms with Gasteiger partial charge in [-0.15, -0.1) is 0 Å². The largest absolute Gasteiger partial charge is 0.449 e. The molecule has 0 saturated carbocycles. The van der Waals surface area contributed by atoms with E-state index in [0.717, 1.165) is 6.07 Å². The number of amides is 1. The Morgan fingerprint density at radius 3 is 3.06 bits per heavy atom. The highest BCUT2D eigenvalue weighted by Gasteiger charge is 2.07. The summed E-state index contributed by atoms with van der Waals surface area (Å²) in [6, 6.07) is 6.24. The van der Waals surface area contributed by atoms with Gasteiger partial charge in [0.2, 0.25) is 0 Å². The van der Waals surface area contributed by atoms with Crippen LogP contribution >= 0.6 is 0 Å². The molecule has 0 aliphatic heterocycles. The van der Waals surface area contributed by atoms with Crippen molar-refractivity contribution < 1.29 is 13.9 Å². The van der Waals surface area contributed by atoms with E-state index in [-0.39, 0.29) is 18.0 Å². The number of hydrogen-bond acceptors (Lipinski definition) is 3. The highest BCUT2D eigenvalue weighted by Crippen LogP contribution is 2.02. The van der Waals surface area contributed by atoms with Crippen LogP contribution in [0, 0.1) is 17.3 Å². The summed E-state index contributed by atoms with van der Waals surface area (Å²) in [6.45, 7) is 2.15. The summed E-state index contributed by atoms with van der Waals surface area (Å²) in [7, 11) is 0. The summed E-state index contributed by atoms with van der Waals surface area (Å²) in [5, 5.41) is 9.70. The number of ether oxygens (including phenoxy) is 1. The first-order chi connectivity index (χ1) is 7.63. The predicted molar refractivity (Wildman–Crippen MR) is 56.8 cm³/mol. The molecule has 0 atom stereocenters. The smallest absolute Gasteiger partial charge is 0.412 e. The van der Waals surface area contributed by atoms with Gasteiger partial charge in [-0.1, -0.05) is 19.1 Å². The Morgan fingerprint density at radius 1 is 1.69 bits per heavy atom. The number of amidine groups is 1. The molecular weight excluding hydrogens is 211 g/mol. The fourth-order valence-corrected chi connectivity index (χ4v) is 0.998. The SMILES string of the molecule is CCCOC(=O)NC(=N)c1cc[c]c(F)c1. The van der Waals surface area contributed by atoms with Crippen LogP contribution in [-0.4, -0.2) is 18.5 Å². The number of benzene rings is 1. The van der Waals surface area contributed by atoms with Crippen LogP contribution in [0.1, 0.15) is 18.9 Å². The number of alkyl carbamates (subject to hydrolysis) is 1. The summed E-state index contributed by atoms with van der Waals surface area (Å²) >= 11 is 0. The molecule has 16 heavy (non-hydrogen) atoms. The predicted octanol–water partition coefficient (Wildman–Crippen LogP) is 2.09. The summed E-state index contributed by atoms with van der Waals surface area (Å²) in [5.74, 6) is -0.778. The van der Waals surface area contributed by atoms with E-state index in [1.54, 1.807) is 0 Å². The summed E-state index contributed by atoms with van der Waals surface area (Å²) in [6.07, 6.45) is -0.00420. The van der Waals surface area contributed by atoms with Gasteiger partial charge in [-0.3, -0.25) is 10.7 Å². The van der Waals surface area contributed by atoms with E-state index in [2.05, 4.69) is 11.4 Å². The van der Waals surface area contributed by atoms with Crippen LogP contribution in [0.3, 0.4) is 0 Å². The van der Waals surface area contributed by atoms with Crippen LogP contribution < -0.4 is 5.32 Å². The highest BCUT2D eigenvalue weighted by atomic mass is 19.1. The van der Waals surface area contributed by atoms with E-state index in [0.29, 0.717) is 6.42 Å². The van der Waals surface area contributed by atoms with E-state index >= 15 is 0 Å². The first kappa shape index (κ1) is 12.2. The van der Waals surface area contributed by atoms with Crippen LogP contribution in [0.2, 0.25) is 0 Å². The summed E-state index contributed by atoms with van der Waals surface area (Å²) in [5.41, 5.74) is 0.268. The van der Waals surface area contributed by atoms with Gasteiger partial charge in [-0.05, 0) is 12.5 Å². The molecule has 85 valence electrons. The molecule has 5 heteroatoms. The number of rotatable bonds is 3. The third-order valence-corrected chi connectivity index (χ3v) is 1.72. The van der Waals surface area contributed by atoms with Crippen LogP contribution in [-0.2, 0) is 4.74 Å². The molecule has 1 aromatic carbocycles. The summed E-state index contributed by atoms with van der Waals surface area (Å²) in [4.78, 5) is 11.1. The van der Waals surface area contributed by atoms with Gasteiger partial charge in [-0.25, -0.2) is 9.18 Å². The van der Waals surface area contributed by atoms with E-state index in [1.807, 2.05) is 6.92 Å². The van der Waals surface area contributed by atoms with Crippen molar-refractivity contribution in [1.29, 1.82) is 5.41 Å². The fraction of sp³-hybridized carbons (Fsp3) is 0.273. The van der Waals surface area contributed by atoms with Crippen molar-refractivity contribution in [3.8, 4) is 0 Å². The zero-order valence-electron chi connectivity index (χ0n) is 8.84. The minimum Gasteiger partial charge on any atom is -0.449 e. The minimum atomic E-state index is -0.708. The van der Waals surface area contributed by atoms with E-state index in [4.69, 9.17) is 10.1 Å². The van der Waals surface area contributed by atoms with Crippen LogP contribution in [0.4, 0.5) is 9.18 Å². The Kier molecular flexibility index (Phi) is 4.44. The van der Waals surface area contributed by atoms with Crippen molar-refractivity contribution in [2.75, 3.05) is 6.61 Å². The zero-order chi connectivity index (χ0) is 12.0. The Balaban J connectivity index is 2.55. The molecule has 0 aliphatic rings. The second-order valence-corrected chi connectivity index (χ2v) is 3.06. The van der Waals surface area contributed by atoms with Crippen molar-refractivity contribution in [1.82, 2.24) is 5.32 Å². The summed E-state index contributed by atoms with van der Waals surface area (Å²) < 4.78 is 17.5. The van der Waals surface area contributed by atoms with E-state index in [9.17, 15) is 9.18 Å². The molecule has 0 unspecified atom stereocenters. The van der Waals surface area contributed by atoms with Gasteiger partial charge in [0.05, 0.1) is 6.61 Å². The van der Waals surface area contributed by atoms with Gasteiger partial charge in [0.1, 0.15) is 11.7 Å². The molecule has 2 N–H and O–H groups in total. The lowest BCUT2D eigenvalue weighted by molar-refractivity contribution is 0.152. The highest BCUT2D eigenvalue weighted by molar-refractivity contribution is 6.04. The second-order valence-electron chi connectivity index (χ2n) is 3.06. The Bertz CT molecular complexity index is 393. The van der Waals surface area contributed by atoms with Crippen molar-refractivity contribution in [3.63, 3.8) is 0 Å². The third kappa shape index (κ3) is 3.68. The second kappa shape index (κ2) is 5.85. The lowest BCUT2D eigenvalue weighted by Gasteiger charge is -2.07. The molecule has 1 aromatic rings. The van der Waals surface area contributed by atoms with Gasteiger partial charge in [0, 0.05) is 11.6 Å². The van der Waals surface area contributed by atoms with Gasteiger partial charge in [0.25, 0.3) is 0 Å². The Labute approximate surface area is 92.9 Å². The number of hydrogen-bond donors (Lipinski definition) is 2. The number of carbonyl (C=O) groups excluding carboxylic acids is 1. The first-order valence-corrected chi connectivity index (χ1v) is 4.83. The van der Waals surface area contributed by atoms with Crippen molar-refractivity contribution in [2.24, 2.45) is 0 Å². The Hall–Kier alpha value is -1.91. The lowest BCUT2D eigenvalue weighted by Crippen LogP contribution is -2.31. The van der Waals surface area contributed by atoms with E-state index in [1.165, 1.54) is 12.1 Å². The molecular formula is C11H12FN2O2. The topological polar surface area (TPSA) is 62.2 Å². The maximum Gasteiger partial charge on any atom is 0.412 e. The molecule has 4 nitrogen and oxygen atoms in total. The first-order valence-electron chi connectivity index (χ1n) is 4.83. The average Bonchev–Trinajstić information content (AvgIpc) is 2.26. The molecule has 0 bridgehead atoms. The van der Waals surface area contributed by atoms with Crippen LogP contribution in [0.25, 0.3) is 0 Å². The third-order valence-electron chi connectivity index (χ3n) is 1.72. The monoisotopic (exact) mass is 223 g/mol. The van der Waals surface area contributed by atoms with Gasteiger partial charge in [0.15, 0.2) is 0 Å². The number of halogens is 1. The molecule has 0 saturated heterocycles. The molecule has 0 spiro atoms. The molecule has 0 heterocycles. The number of nitrogens with one attached hydrogen (secondary N) is 2. The van der Waals surface area contributed by atoms with E-state index < -0.39 is 11.9 Å². The standard InChI is InChI=1S/C11H12FN2O2/c1-2-6-16-11(15)14-10(13)8-4-3-5-9(12)7-8/h3-4,7H,2,6H2,1H3,(H2,13,14,15). The molecule has 0 fully saturated rings. The van der Waals surface area contributed by atoms with Crippen molar-refractivity contribution in [3.05, 3.63) is 35.6 Å². The number of carbonyl (C=O) groups is 1. The molecule has 0 aromatic heterocycles. The average molecular weight is 223 g/mol. The lowest BCUT2D eigenvalue weighted by atomic mass is 10.2. The zero-order valence-corrected chi connectivity index (χ0v) is 8.84.